The fourth-order valence-corrected chi connectivity index (χ4v) is 2.53. The fraction of sp³-hybridized carbons (Fsp3) is 0.308. The van der Waals surface area contributed by atoms with Gasteiger partial charge in [0.2, 0.25) is 5.91 Å². The van der Waals surface area contributed by atoms with E-state index in [0.29, 0.717) is 22.8 Å². The van der Waals surface area contributed by atoms with Crippen molar-refractivity contribution in [2.45, 2.75) is 12.3 Å². The lowest BCUT2D eigenvalue weighted by Crippen LogP contribution is -2.28. The van der Waals surface area contributed by atoms with E-state index in [1.807, 2.05) is 6.07 Å². The lowest BCUT2D eigenvalue weighted by atomic mass is 9.97. The molecule has 0 fully saturated rings. The summed E-state index contributed by atoms with van der Waals surface area (Å²) in [5, 5.41) is 14.7. The number of nitrogens with zero attached hydrogens (tertiary/aromatic N) is 3. The van der Waals surface area contributed by atoms with Crippen molar-refractivity contribution in [2.75, 3.05) is 17.2 Å². The third-order valence-corrected chi connectivity index (χ3v) is 3.55. The van der Waals surface area contributed by atoms with Crippen LogP contribution in [0.4, 0.5) is 11.5 Å². The van der Waals surface area contributed by atoms with Gasteiger partial charge in [-0.05, 0) is 24.6 Å². The molecular formula is C13H14ClN5O. The van der Waals surface area contributed by atoms with Gasteiger partial charge >= 0.3 is 0 Å². The minimum Gasteiger partial charge on any atom is -0.369 e. The number of hydrogen-bond acceptors (Lipinski definition) is 4. The Hall–Kier alpha value is -2.08. The lowest BCUT2D eigenvalue weighted by Gasteiger charge is -2.21. The average molecular weight is 292 g/mol. The maximum absolute atomic E-state index is 12.4. The van der Waals surface area contributed by atoms with Gasteiger partial charge in [-0.15, -0.1) is 5.10 Å². The number of halogens is 1. The topological polar surface area (TPSA) is 71.8 Å². The van der Waals surface area contributed by atoms with Gasteiger partial charge < -0.3 is 10.6 Å². The largest absolute Gasteiger partial charge is 0.369 e. The second-order valence-electron chi connectivity index (χ2n) is 4.71. The molecular weight excluding hydrogens is 278 g/mol. The molecule has 6 nitrogen and oxygen atoms in total. The number of hydrogen-bond donors (Lipinski definition) is 2. The second-order valence-corrected chi connectivity index (χ2v) is 5.15. The number of amides is 1. The lowest BCUT2D eigenvalue weighted by molar-refractivity contribution is -0.117. The summed E-state index contributed by atoms with van der Waals surface area (Å²) in [4.78, 5) is 12.4. The van der Waals surface area contributed by atoms with Crippen LogP contribution in [-0.4, -0.2) is 27.4 Å². The van der Waals surface area contributed by atoms with Crippen molar-refractivity contribution < 1.29 is 4.79 Å². The SMILES string of the molecule is Cn1nnc2c1NCCC2C(=O)Nc1cccc(Cl)c1. The Morgan fingerprint density at radius 3 is 3.20 bits per heavy atom. The van der Waals surface area contributed by atoms with Crippen LogP contribution in [0.2, 0.25) is 5.02 Å². The molecule has 0 saturated heterocycles. The second kappa shape index (κ2) is 5.13. The first kappa shape index (κ1) is 12.9. The van der Waals surface area contributed by atoms with E-state index in [2.05, 4.69) is 20.9 Å². The van der Waals surface area contributed by atoms with Gasteiger partial charge in [-0.2, -0.15) is 0 Å². The van der Waals surface area contributed by atoms with Crippen molar-refractivity contribution in [2.24, 2.45) is 7.05 Å². The summed E-state index contributed by atoms with van der Waals surface area (Å²) in [6.45, 7) is 0.724. The molecule has 1 aromatic carbocycles. The van der Waals surface area contributed by atoms with Crippen LogP contribution in [0, 0.1) is 0 Å². The minimum absolute atomic E-state index is 0.0875. The van der Waals surface area contributed by atoms with Gasteiger partial charge in [0, 0.05) is 24.3 Å². The third kappa shape index (κ3) is 2.34. The monoisotopic (exact) mass is 291 g/mol. The molecule has 104 valence electrons. The van der Waals surface area contributed by atoms with Crippen molar-refractivity contribution in [3.05, 3.63) is 35.0 Å². The van der Waals surface area contributed by atoms with Crippen LogP contribution in [0.3, 0.4) is 0 Å². The molecule has 0 radical (unpaired) electrons. The van der Waals surface area contributed by atoms with E-state index < -0.39 is 0 Å². The quantitative estimate of drug-likeness (QED) is 0.888. The molecule has 1 unspecified atom stereocenters. The van der Waals surface area contributed by atoms with E-state index in [9.17, 15) is 4.79 Å². The molecule has 7 heteroatoms. The van der Waals surface area contributed by atoms with Crippen molar-refractivity contribution in [3.63, 3.8) is 0 Å². The molecule has 3 rings (SSSR count). The summed E-state index contributed by atoms with van der Waals surface area (Å²) in [5.74, 6) is 0.428. The molecule has 0 saturated carbocycles. The van der Waals surface area contributed by atoms with E-state index in [1.165, 1.54) is 0 Å². The number of benzene rings is 1. The standard InChI is InChI=1S/C13H14ClN5O/c1-19-12-11(17-18-19)10(5-6-15-12)13(20)16-9-4-2-3-8(14)7-9/h2-4,7,10,15H,5-6H2,1H3,(H,16,20). The van der Waals surface area contributed by atoms with Gasteiger partial charge in [0.05, 0.1) is 5.92 Å². The van der Waals surface area contributed by atoms with Crippen LogP contribution < -0.4 is 10.6 Å². The number of rotatable bonds is 2. The van der Waals surface area contributed by atoms with Crippen LogP contribution in [0.1, 0.15) is 18.0 Å². The number of aromatic nitrogens is 3. The highest BCUT2D eigenvalue weighted by atomic mass is 35.5. The number of carbonyl (C=O) groups is 1. The molecule has 1 aliphatic heterocycles. The molecule has 2 aromatic rings. The Kier molecular flexibility index (Phi) is 3.31. The van der Waals surface area contributed by atoms with Crippen LogP contribution in [0.15, 0.2) is 24.3 Å². The Bertz CT molecular complexity index is 654. The third-order valence-electron chi connectivity index (χ3n) is 3.32. The van der Waals surface area contributed by atoms with Crippen LogP contribution >= 0.6 is 11.6 Å². The highest BCUT2D eigenvalue weighted by Gasteiger charge is 2.30. The van der Waals surface area contributed by atoms with E-state index in [-0.39, 0.29) is 11.8 Å². The smallest absolute Gasteiger partial charge is 0.233 e. The van der Waals surface area contributed by atoms with Crippen LogP contribution in [0.25, 0.3) is 0 Å². The Morgan fingerprint density at radius 1 is 1.55 bits per heavy atom. The molecule has 1 amide bonds. The van der Waals surface area contributed by atoms with Gasteiger partial charge in [0.15, 0.2) is 0 Å². The number of carbonyl (C=O) groups excluding carboxylic acids is 1. The Labute approximate surface area is 121 Å². The predicted molar refractivity (Wildman–Crippen MR) is 76.9 cm³/mol. The van der Waals surface area contributed by atoms with Crippen molar-refractivity contribution in [1.82, 2.24) is 15.0 Å². The summed E-state index contributed by atoms with van der Waals surface area (Å²) in [5.41, 5.74) is 1.38. The highest BCUT2D eigenvalue weighted by molar-refractivity contribution is 6.30. The van der Waals surface area contributed by atoms with Crippen molar-refractivity contribution >= 4 is 29.0 Å². The highest BCUT2D eigenvalue weighted by Crippen LogP contribution is 2.30. The van der Waals surface area contributed by atoms with Crippen molar-refractivity contribution in [1.29, 1.82) is 0 Å². The zero-order valence-corrected chi connectivity index (χ0v) is 11.7. The van der Waals surface area contributed by atoms with Crippen LogP contribution in [0.5, 0.6) is 0 Å². The van der Waals surface area contributed by atoms with Crippen LogP contribution in [-0.2, 0) is 11.8 Å². The summed E-state index contributed by atoms with van der Waals surface area (Å²) in [6, 6.07) is 7.09. The zero-order chi connectivity index (χ0) is 14.1. The average Bonchev–Trinajstić information content (AvgIpc) is 2.81. The van der Waals surface area contributed by atoms with Crippen molar-refractivity contribution in [3.8, 4) is 0 Å². The molecule has 1 atom stereocenters. The summed E-state index contributed by atoms with van der Waals surface area (Å²) in [7, 11) is 1.80. The van der Waals surface area contributed by atoms with Gasteiger partial charge in [-0.3, -0.25) is 4.79 Å². The number of fused-ring (bicyclic) bond motifs is 1. The van der Waals surface area contributed by atoms with E-state index in [0.717, 1.165) is 12.4 Å². The van der Waals surface area contributed by atoms with Gasteiger partial charge in [-0.25, -0.2) is 4.68 Å². The first-order valence-corrected chi connectivity index (χ1v) is 6.73. The number of anilines is 2. The normalized spacial score (nSPS) is 17.2. The molecule has 2 N–H and O–H groups in total. The molecule has 2 heterocycles. The maximum atomic E-state index is 12.4. The first-order chi connectivity index (χ1) is 9.65. The summed E-state index contributed by atoms with van der Waals surface area (Å²) in [6.07, 6.45) is 0.693. The Morgan fingerprint density at radius 2 is 2.40 bits per heavy atom. The van der Waals surface area contributed by atoms with E-state index in [4.69, 9.17) is 11.6 Å². The number of nitrogens with one attached hydrogen (secondary N) is 2. The molecule has 1 aromatic heterocycles. The zero-order valence-electron chi connectivity index (χ0n) is 10.9. The maximum Gasteiger partial charge on any atom is 0.233 e. The molecule has 0 spiro atoms. The van der Waals surface area contributed by atoms with Gasteiger partial charge in [-0.1, -0.05) is 22.9 Å². The molecule has 20 heavy (non-hydrogen) atoms. The fourth-order valence-electron chi connectivity index (χ4n) is 2.34. The van der Waals surface area contributed by atoms with Gasteiger partial charge in [0.1, 0.15) is 11.5 Å². The minimum atomic E-state index is -0.293. The van der Waals surface area contributed by atoms with Gasteiger partial charge in [0.25, 0.3) is 0 Å². The summed E-state index contributed by atoms with van der Waals surface area (Å²) >= 11 is 5.91. The Balaban J connectivity index is 1.82. The number of aryl methyl sites for hydroxylation is 1. The van der Waals surface area contributed by atoms with E-state index in [1.54, 1.807) is 29.9 Å². The summed E-state index contributed by atoms with van der Waals surface area (Å²) < 4.78 is 1.65. The first-order valence-electron chi connectivity index (χ1n) is 6.35. The molecule has 0 bridgehead atoms. The molecule has 0 aliphatic carbocycles. The van der Waals surface area contributed by atoms with E-state index >= 15 is 0 Å². The predicted octanol–water partition coefficient (Wildman–Crippen LogP) is 2.01. The molecule has 1 aliphatic rings.